The van der Waals surface area contributed by atoms with Gasteiger partial charge in [-0.25, -0.2) is 8.78 Å². The second-order valence-corrected chi connectivity index (χ2v) is 4.62. The van der Waals surface area contributed by atoms with Gasteiger partial charge in [-0.2, -0.15) is 0 Å². The monoisotopic (exact) mass is 271 g/mol. The fourth-order valence-electron chi connectivity index (χ4n) is 2.22. The van der Waals surface area contributed by atoms with Crippen LogP contribution in [-0.2, 0) is 9.47 Å². The molecule has 1 aliphatic rings. The van der Waals surface area contributed by atoms with E-state index in [4.69, 9.17) is 9.47 Å². The summed E-state index contributed by atoms with van der Waals surface area (Å²) in [6.45, 7) is 4.29. The topological polar surface area (TPSA) is 30.5 Å². The summed E-state index contributed by atoms with van der Waals surface area (Å²) in [5.74, 6) is -1.15. The molecule has 1 N–H and O–H groups in total. The van der Waals surface area contributed by atoms with Crippen molar-refractivity contribution in [2.45, 2.75) is 25.5 Å². The van der Waals surface area contributed by atoms with E-state index in [2.05, 4.69) is 5.32 Å². The second-order valence-electron chi connectivity index (χ2n) is 4.62. The Balaban J connectivity index is 2.19. The molecule has 1 aromatic rings. The van der Waals surface area contributed by atoms with Gasteiger partial charge in [0.2, 0.25) is 0 Å². The molecule has 0 amide bonds. The van der Waals surface area contributed by atoms with Gasteiger partial charge >= 0.3 is 0 Å². The van der Waals surface area contributed by atoms with Crippen molar-refractivity contribution in [2.75, 3.05) is 26.4 Å². The average Bonchev–Trinajstić information content (AvgIpc) is 2.39. The fourth-order valence-corrected chi connectivity index (χ4v) is 2.22. The quantitative estimate of drug-likeness (QED) is 0.892. The first kappa shape index (κ1) is 14.4. The molecule has 2 atom stereocenters. The van der Waals surface area contributed by atoms with Crippen LogP contribution in [0.5, 0.6) is 0 Å². The summed E-state index contributed by atoms with van der Waals surface area (Å²) >= 11 is 0. The Hall–Kier alpha value is -1.04. The maximum Gasteiger partial charge on any atom is 0.126 e. The first-order valence-corrected chi connectivity index (χ1v) is 6.59. The third-order valence-electron chi connectivity index (χ3n) is 3.07. The minimum Gasteiger partial charge on any atom is -0.376 e. The number of hydrogen-bond donors (Lipinski definition) is 1. The highest BCUT2D eigenvalue weighted by Crippen LogP contribution is 2.23. The third-order valence-corrected chi connectivity index (χ3v) is 3.07. The van der Waals surface area contributed by atoms with E-state index in [1.807, 2.05) is 6.92 Å². The lowest BCUT2D eigenvalue weighted by molar-refractivity contribution is -0.102. The molecule has 1 aliphatic heterocycles. The first-order valence-electron chi connectivity index (χ1n) is 6.59. The molecule has 1 saturated heterocycles. The van der Waals surface area contributed by atoms with Crippen molar-refractivity contribution < 1.29 is 18.3 Å². The van der Waals surface area contributed by atoms with Gasteiger partial charge in [-0.05, 0) is 30.7 Å². The van der Waals surface area contributed by atoms with Crippen LogP contribution in [0.3, 0.4) is 0 Å². The van der Waals surface area contributed by atoms with Crippen LogP contribution < -0.4 is 5.32 Å². The standard InChI is InChI=1S/C14H19F2NO2/c1-2-3-17-14(13-9-18-4-5-19-13)10-6-11(15)8-12(16)7-10/h6-8,13-14,17H,2-5,9H2,1H3. The molecule has 106 valence electrons. The minimum absolute atomic E-state index is 0.221. The summed E-state index contributed by atoms with van der Waals surface area (Å²) in [5.41, 5.74) is 0.557. The molecule has 19 heavy (non-hydrogen) atoms. The Morgan fingerprint density at radius 2 is 2.00 bits per heavy atom. The predicted molar refractivity (Wildman–Crippen MR) is 68.0 cm³/mol. The largest absolute Gasteiger partial charge is 0.376 e. The van der Waals surface area contributed by atoms with Gasteiger partial charge in [0.25, 0.3) is 0 Å². The molecule has 0 saturated carbocycles. The highest BCUT2D eigenvalue weighted by Gasteiger charge is 2.26. The Labute approximate surface area is 111 Å². The van der Waals surface area contributed by atoms with Crippen LogP contribution in [0, 0.1) is 11.6 Å². The molecule has 5 heteroatoms. The molecular weight excluding hydrogens is 252 g/mol. The van der Waals surface area contributed by atoms with Crippen molar-refractivity contribution in [1.82, 2.24) is 5.32 Å². The summed E-state index contributed by atoms with van der Waals surface area (Å²) in [6, 6.07) is 3.30. The van der Waals surface area contributed by atoms with E-state index in [-0.39, 0.29) is 12.1 Å². The summed E-state index contributed by atoms with van der Waals surface area (Å²) in [4.78, 5) is 0. The van der Waals surface area contributed by atoms with Gasteiger partial charge in [0.15, 0.2) is 0 Å². The van der Waals surface area contributed by atoms with E-state index < -0.39 is 11.6 Å². The smallest absolute Gasteiger partial charge is 0.126 e. The van der Waals surface area contributed by atoms with Crippen molar-refractivity contribution in [1.29, 1.82) is 0 Å². The Kier molecular flexibility index (Phi) is 5.24. The van der Waals surface area contributed by atoms with Crippen LogP contribution in [0.25, 0.3) is 0 Å². The van der Waals surface area contributed by atoms with Crippen LogP contribution in [0.2, 0.25) is 0 Å². The fraction of sp³-hybridized carbons (Fsp3) is 0.571. The van der Waals surface area contributed by atoms with E-state index in [0.717, 1.165) is 19.0 Å². The summed E-state index contributed by atoms with van der Waals surface area (Å²) in [7, 11) is 0. The van der Waals surface area contributed by atoms with E-state index >= 15 is 0 Å². The molecule has 1 heterocycles. The van der Waals surface area contributed by atoms with E-state index in [9.17, 15) is 8.78 Å². The van der Waals surface area contributed by atoms with E-state index in [0.29, 0.717) is 25.4 Å². The number of ether oxygens (including phenoxy) is 2. The van der Waals surface area contributed by atoms with Crippen molar-refractivity contribution in [3.63, 3.8) is 0 Å². The third kappa shape index (κ3) is 3.96. The Morgan fingerprint density at radius 3 is 2.58 bits per heavy atom. The van der Waals surface area contributed by atoms with Crippen molar-refractivity contribution in [3.8, 4) is 0 Å². The summed E-state index contributed by atoms with van der Waals surface area (Å²) in [6.07, 6.45) is 0.712. The Morgan fingerprint density at radius 1 is 1.26 bits per heavy atom. The predicted octanol–water partition coefficient (Wildman–Crippen LogP) is 2.42. The second kappa shape index (κ2) is 6.93. The van der Waals surface area contributed by atoms with Gasteiger partial charge in [-0.1, -0.05) is 6.92 Å². The molecule has 1 aromatic carbocycles. The zero-order chi connectivity index (χ0) is 13.7. The van der Waals surface area contributed by atoms with Gasteiger partial charge < -0.3 is 14.8 Å². The van der Waals surface area contributed by atoms with Gasteiger partial charge in [0.1, 0.15) is 17.7 Å². The highest BCUT2D eigenvalue weighted by atomic mass is 19.1. The molecule has 0 bridgehead atoms. The summed E-state index contributed by atoms with van der Waals surface area (Å²) in [5, 5.41) is 3.27. The number of rotatable bonds is 5. The molecular formula is C14H19F2NO2. The minimum atomic E-state index is -0.574. The zero-order valence-electron chi connectivity index (χ0n) is 11.0. The zero-order valence-corrected chi connectivity index (χ0v) is 11.0. The van der Waals surface area contributed by atoms with Gasteiger partial charge in [-0.15, -0.1) is 0 Å². The number of nitrogens with one attached hydrogen (secondary N) is 1. The SMILES string of the molecule is CCCNC(c1cc(F)cc(F)c1)C1COCCO1. The normalized spacial score (nSPS) is 21.3. The molecule has 3 nitrogen and oxygen atoms in total. The lowest BCUT2D eigenvalue weighted by Crippen LogP contribution is -2.41. The molecule has 0 aromatic heterocycles. The van der Waals surface area contributed by atoms with Crippen molar-refractivity contribution in [3.05, 3.63) is 35.4 Å². The maximum atomic E-state index is 13.3. The molecule has 2 rings (SSSR count). The van der Waals surface area contributed by atoms with Gasteiger partial charge in [0, 0.05) is 6.07 Å². The molecule has 0 spiro atoms. The van der Waals surface area contributed by atoms with E-state index in [1.54, 1.807) is 0 Å². The summed E-state index contributed by atoms with van der Waals surface area (Å²) < 4.78 is 37.7. The van der Waals surface area contributed by atoms with Crippen LogP contribution in [0.4, 0.5) is 8.78 Å². The lowest BCUT2D eigenvalue weighted by atomic mass is 10.0. The van der Waals surface area contributed by atoms with Crippen LogP contribution >= 0.6 is 0 Å². The number of hydrogen-bond acceptors (Lipinski definition) is 3. The lowest BCUT2D eigenvalue weighted by Gasteiger charge is -2.31. The number of halogens is 2. The molecule has 0 aliphatic carbocycles. The molecule has 0 radical (unpaired) electrons. The van der Waals surface area contributed by atoms with Crippen molar-refractivity contribution >= 4 is 0 Å². The highest BCUT2D eigenvalue weighted by molar-refractivity contribution is 5.22. The van der Waals surface area contributed by atoms with Crippen molar-refractivity contribution in [2.24, 2.45) is 0 Å². The van der Waals surface area contributed by atoms with E-state index in [1.165, 1.54) is 12.1 Å². The first-order chi connectivity index (χ1) is 9.20. The van der Waals surface area contributed by atoms with Crippen LogP contribution in [-0.4, -0.2) is 32.5 Å². The molecule has 1 fully saturated rings. The Bertz CT molecular complexity index is 388. The number of benzene rings is 1. The van der Waals surface area contributed by atoms with Gasteiger partial charge in [0.05, 0.1) is 25.9 Å². The molecule has 2 unspecified atom stereocenters. The maximum absolute atomic E-state index is 13.3. The van der Waals surface area contributed by atoms with Crippen LogP contribution in [0.15, 0.2) is 18.2 Å². The van der Waals surface area contributed by atoms with Gasteiger partial charge in [-0.3, -0.25) is 0 Å². The average molecular weight is 271 g/mol. The van der Waals surface area contributed by atoms with Crippen LogP contribution in [0.1, 0.15) is 24.9 Å².